The first-order valence-corrected chi connectivity index (χ1v) is 7.52. The lowest BCUT2D eigenvalue weighted by Crippen LogP contribution is -2.22. The fourth-order valence-corrected chi connectivity index (χ4v) is 2.65. The molecule has 1 aromatic carbocycles. The SMILES string of the molecule is Cn1cc([C@@H]2C[C@@H]2C(=O)Nc2ccccc2NCC(F)(F)F)cn1. The first-order chi connectivity index (χ1) is 11.3. The van der Waals surface area contributed by atoms with Gasteiger partial charge in [-0.25, -0.2) is 0 Å². The Morgan fingerprint density at radius 1 is 1.33 bits per heavy atom. The zero-order valence-corrected chi connectivity index (χ0v) is 13.0. The summed E-state index contributed by atoms with van der Waals surface area (Å²) < 4.78 is 38.8. The molecule has 24 heavy (non-hydrogen) atoms. The summed E-state index contributed by atoms with van der Waals surface area (Å²) in [5, 5.41) is 9.12. The fraction of sp³-hybridized carbons (Fsp3) is 0.375. The Labute approximate surface area is 136 Å². The summed E-state index contributed by atoms with van der Waals surface area (Å²) >= 11 is 0. The Morgan fingerprint density at radius 2 is 2.04 bits per heavy atom. The van der Waals surface area contributed by atoms with Crippen LogP contribution in [0.1, 0.15) is 17.9 Å². The van der Waals surface area contributed by atoms with E-state index in [1.54, 1.807) is 29.1 Å². The van der Waals surface area contributed by atoms with Crippen molar-refractivity contribution in [2.24, 2.45) is 13.0 Å². The lowest BCUT2D eigenvalue weighted by atomic mass is 10.2. The smallest absolute Gasteiger partial charge is 0.375 e. The van der Waals surface area contributed by atoms with Gasteiger partial charge < -0.3 is 10.6 Å². The van der Waals surface area contributed by atoms with Crippen molar-refractivity contribution >= 4 is 17.3 Å². The maximum atomic E-state index is 12.4. The molecule has 0 saturated heterocycles. The third-order valence-corrected chi connectivity index (χ3v) is 3.94. The summed E-state index contributed by atoms with van der Waals surface area (Å²) in [5.74, 6) is -0.246. The van der Waals surface area contributed by atoms with Gasteiger partial charge in [-0.15, -0.1) is 0 Å². The molecule has 0 unspecified atom stereocenters. The van der Waals surface area contributed by atoms with Crippen LogP contribution >= 0.6 is 0 Å². The summed E-state index contributed by atoms with van der Waals surface area (Å²) in [6.45, 7) is -1.15. The van der Waals surface area contributed by atoms with Crippen LogP contribution in [0.2, 0.25) is 0 Å². The molecule has 0 radical (unpaired) electrons. The molecular weight excluding hydrogens is 321 g/mol. The first-order valence-electron chi connectivity index (χ1n) is 7.52. The minimum absolute atomic E-state index is 0.119. The Balaban J connectivity index is 1.63. The molecular formula is C16H17F3N4O. The van der Waals surface area contributed by atoms with Gasteiger partial charge in [0.05, 0.1) is 17.6 Å². The minimum Gasteiger partial charge on any atom is -0.375 e. The van der Waals surface area contributed by atoms with Gasteiger partial charge >= 0.3 is 6.18 Å². The largest absolute Gasteiger partial charge is 0.405 e. The molecule has 2 N–H and O–H groups in total. The molecule has 128 valence electrons. The second kappa shape index (κ2) is 6.18. The number of rotatable bonds is 5. The monoisotopic (exact) mass is 338 g/mol. The van der Waals surface area contributed by atoms with Crippen molar-refractivity contribution in [1.82, 2.24) is 9.78 Å². The topological polar surface area (TPSA) is 59.0 Å². The Bertz CT molecular complexity index is 741. The normalized spacial score (nSPS) is 19.8. The number of hydrogen-bond donors (Lipinski definition) is 2. The zero-order valence-electron chi connectivity index (χ0n) is 13.0. The molecule has 8 heteroatoms. The van der Waals surface area contributed by atoms with Crippen LogP contribution in [-0.2, 0) is 11.8 Å². The van der Waals surface area contributed by atoms with Crippen molar-refractivity contribution in [2.45, 2.75) is 18.5 Å². The van der Waals surface area contributed by atoms with Crippen LogP contribution < -0.4 is 10.6 Å². The van der Waals surface area contributed by atoms with Gasteiger partial charge in [0.2, 0.25) is 5.91 Å². The van der Waals surface area contributed by atoms with Crippen molar-refractivity contribution in [1.29, 1.82) is 0 Å². The lowest BCUT2D eigenvalue weighted by molar-refractivity contribution is -0.117. The van der Waals surface area contributed by atoms with Gasteiger partial charge in [-0.05, 0) is 30.0 Å². The number of nitrogens with one attached hydrogen (secondary N) is 2. The molecule has 2 atom stereocenters. The van der Waals surface area contributed by atoms with E-state index < -0.39 is 12.7 Å². The van der Waals surface area contributed by atoms with E-state index in [0.717, 1.165) is 12.0 Å². The van der Waals surface area contributed by atoms with E-state index in [2.05, 4.69) is 15.7 Å². The van der Waals surface area contributed by atoms with Gasteiger partial charge in [0.15, 0.2) is 0 Å². The molecule has 1 aromatic heterocycles. The van der Waals surface area contributed by atoms with Crippen LogP contribution in [-0.4, -0.2) is 28.4 Å². The molecule has 1 saturated carbocycles. The standard InChI is InChI=1S/C16H17F3N4O/c1-23-8-10(7-21-23)11-6-12(11)15(24)22-14-5-3-2-4-13(14)20-9-16(17,18)19/h2-5,7-8,11-12,20H,6,9H2,1H3,(H,22,24)/t11-,12-/m0/s1. The van der Waals surface area contributed by atoms with Crippen LogP contribution in [0.5, 0.6) is 0 Å². The number of anilines is 2. The van der Waals surface area contributed by atoms with Crippen molar-refractivity contribution in [2.75, 3.05) is 17.2 Å². The zero-order chi connectivity index (χ0) is 17.3. The van der Waals surface area contributed by atoms with Gasteiger partial charge in [0.1, 0.15) is 6.54 Å². The quantitative estimate of drug-likeness (QED) is 0.881. The first kappa shape index (κ1) is 16.4. The molecule has 0 aliphatic heterocycles. The Kier molecular flexibility index (Phi) is 4.21. The van der Waals surface area contributed by atoms with E-state index >= 15 is 0 Å². The number of carbonyl (C=O) groups excluding carboxylic acids is 1. The van der Waals surface area contributed by atoms with Crippen molar-refractivity contribution in [3.63, 3.8) is 0 Å². The maximum Gasteiger partial charge on any atom is 0.405 e. The number of hydrogen-bond acceptors (Lipinski definition) is 3. The highest BCUT2D eigenvalue weighted by atomic mass is 19.4. The highest BCUT2D eigenvalue weighted by Gasteiger charge is 2.44. The predicted molar refractivity (Wildman–Crippen MR) is 83.7 cm³/mol. The van der Waals surface area contributed by atoms with Crippen LogP contribution in [0.4, 0.5) is 24.5 Å². The molecule has 1 aliphatic carbocycles. The average Bonchev–Trinajstić information content (AvgIpc) is 3.20. The second-order valence-electron chi connectivity index (χ2n) is 5.90. The average molecular weight is 338 g/mol. The minimum atomic E-state index is -4.32. The van der Waals surface area contributed by atoms with Crippen LogP contribution in [0.3, 0.4) is 0 Å². The number of aryl methyl sites for hydroxylation is 1. The third kappa shape index (κ3) is 3.87. The second-order valence-corrected chi connectivity index (χ2v) is 5.90. The van der Waals surface area contributed by atoms with E-state index in [1.807, 2.05) is 13.2 Å². The molecule has 1 heterocycles. The third-order valence-electron chi connectivity index (χ3n) is 3.94. The Morgan fingerprint density at radius 3 is 2.67 bits per heavy atom. The predicted octanol–water partition coefficient (Wildman–Crippen LogP) is 3.14. The molecule has 1 aliphatic rings. The summed E-state index contributed by atoms with van der Waals surface area (Å²) in [6, 6.07) is 6.37. The number of halogens is 3. The van der Waals surface area contributed by atoms with Crippen molar-refractivity contribution < 1.29 is 18.0 Å². The number of para-hydroxylation sites is 2. The van der Waals surface area contributed by atoms with Crippen LogP contribution in [0.25, 0.3) is 0 Å². The van der Waals surface area contributed by atoms with Crippen LogP contribution in [0.15, 0.2) is 36.7 Å². The number of benzene rings is 1. The van der Waals surface area contributed by atoms with Gasteiger partial charge in [0, 0.05) is 19.2 Å². The summed E-state index contributed by atoms with van der Waals surface area (Å²) in [7, 11) is 1.81. The fourth-order valence-electron chi connectivity index (χ4n) is 2.65. The number of amides is 1. The van der Waals surface area contributed by atoms with E-state index in [4.69, 9.17) is 0 Å². The van der Waals surface area contributed by atoms with E-state index in [9.17, 15) is 18.0 Å². The van der Waals surface area contributed by atoms with E-state index in [1.165, 1.54) is 6.07 Å². The molecule has 5 nitrogen and oxygen atoms in total. The number of nitrogens with zero attached hydrogens (tertiary/aromatic N) is 2. The summed E-state index contributed by atoms with van der Waals surface area (Å²) in [6.07, 6.45) is 0.00223. The molecule has 1 fully saturated rings. The van der Waals surface area contributed by atoms with Crippen molar-refractivity contribution in [3.8, 4) is 0 Å². The number of alkyl halides is 3. The van der Waals surface area contributed by atoms with Gasteiger partial charge in [-0.2, -0.15) is 18.3 Å². The highest BCUT2D eigenvalue weighted by Crippen LogP contribution is 2.48. The molecule has 1 amide bonds. The molecule has 2 aromatic rings. The summed E-state index contributed by atoms with van der Waals surface area (Å²) in [4.78, 5) is 12.3. The van der Waals surface area contributed by atoms with Gasteiger partial charge in [0.25, 0.3) is 0 Å². The van der Waals surface area contributed by atoms with Gasteiger partial charge in [-0.1, -0.05) is 12.1 Å². The van der Waals surface area contributed by atoms with Gasteiger partial charge in [-0.3, -0.25) is 9.48 Å². The molecule has 3 rings (SSSR count). The van der Waals surface area contributed by atoms with E-state index in [0.29, 0.717) is 5.69 Å². The van der Waals surface area contributed by atoms with E-state index in [-0.39, 0.29) is 23.4 Å². The van der Waals surface area contributed by atoms with Crippen LogP contribution in [0, 0.1) is 5.92 Å². The lowest BCUT2D eigenvalue weighted by Gasteiger charge is -2.14. The Hall–Kier alpha value is -2.51. The number of aromatic nitrogens is 2. The maximum absolute atomic E-state index is 12.4. The highest BCUT2D eigenvalue weighted by molar-refractivity contribution is 5.97. The molecule has 0 bridgehead atoms. The van der Waals surface area contributed by atoms with Crippen molar-refractivity contribution in [3.05, 3.63) is 42.2 Å². The molecule has 0 spiro atoms. The summed E-state index contributed by atoms with van der Waals surface area (Å²) in [5.41, 5.74) is 1.60. The number of carbonyl (C=O) groups is 1.